The van der Waals surface area contributed by atoms with Gasteiger partial charge in [-0.15, -0.1) is 0 Å². The maximum Gasteiger partial charge on any atom is 0.337 e. The molecule has 0 aliphatic heterocycles. The van der Waals surface area contributed by atoms with E-state index in [9.17, 15) is 4.79 Å². The number of carboxylic acids is 1. The van der Waals surface area contributed by atoms with Crippen molar-refractivity contribution < 1.29 is 14.6 Å². The van der Waals surface area contributed by atoms with Crippen LogP contribution in [0.3, 0.4) is 0 Å². The molecule has 1 aromatic rings. The van der Waals surface area contributed by atoms with Crippen LogP contribution in [0.4, 0.5) is 0 Å². The van der Waals surface area contributed by atoms with Crippen LogP contribution in [0.1, 0.15) is 36.5 Å². The summed E-state index contributed by atoms with van der Waals surface area (Å²) in [5.74, 6) is -0.774. The number of unbranched alkanes of at least 4 members (excludes halogenated alkanes) is 2. The molecule has 0 amide bonds. The number of rotatable bonds is 6. The second-order valence-electron chi connectivity index (χ2n) is 3.36. The van der Waals surface area contributed by atoms with Crippen molar-refractivity contribution in [2.75, 3.05) is 6.61 Å². The number of pyridine rings is 1. The minimum atomic E-state index is -1.08. The van der Waals surface area contributed by atoms with E-state index in [1.54, 1.807) is 0 Å². The Labute approximate surface area is 99.2 Å². The van der Waals surface area contributed by atoms with Crippen molar-refractivity contribution in [3.63, 3.8) is 0 Å². The van der Waals surface area contributed by atoms with Gasteiger partial charge in [-0.3, -0.25) is 0 Å². The van der Waals surface area contributed by atoms with Gasteiger partial charge in [0.05, 0.1) is 23.4 Å². The number of hydrogen-bond donors (Lipinski definition) is 1. The highest BCUT2D eigenvalue weighted by molar-refractivity contribution is 6.33. The van der Waals surface area contributed by atoms with Gasteiger partial charge < -0.3 is 9.84 Å². The molecule has 1 rings (SSSR count). The molecule has 0 saturated carbocycles. The van der Waals surface area contributed by atoms with E-state index in [-0.39, 0.29) is 10.6 Å². The highest BCUT2D eigenvalue weighted by Crippen LogP contribution is 2.19. The predicted molar refractivity (Wildman–Crippen MR) is 61.2 cm³/mol. The minimum absolute atomic E-state index is 0.0159. The monoisotopic (exact) mass is 243 g/mol. The molecule has 4 nitrogen and oxygen atoms in total. The van der Waals surface area contributed by atoms with Crippen LogP contribution in [0.25, 0.3) is 0 Å². The Bertz CT molecular complexity index is 368. The first-order valence-electron chi connectivity index (χ1n) is 5.16. The van der Waals surface area contributed by atoms with Crippen LogP contribution in [0.2, 0.25) is 5.02 Å². The average Bonchev–Trinajstić information content (AvgIpc) is 2.26. The molecular weight excluding hydrogens is 230 g/mol. The normalized spacial score (nSPS) is 10.1. The lowest BCUT2D eigenvalue weighted by molar-refractivity contribution is 0.0696. The second-order valence-corrected chi connectivity index (χ2v) is 3.77. The Morgan fingerprint density at radius 2 is 2.31 bits per heavy atom. The van der Waals surface area contributed by atoms with Crippen LogP contribution < -0.4 is 4.74 Å². The molecule has 0 bridgehead atoms. The van der Waals surface area contributed by atoms with Gasteiger partial charge in [0.2, 0.25) is 5.88 Å². The molecule has 0 aromatic carbocycles. The Morgan fingerprint density at radius 3 is 2.94 bits per heavy atom. The van der Waals surface area contributed by atoms with Gasteiger partial charge in [-0.05, 0) is 6.42 Å². The zero-order valence-electron chi connectivity index (χ0n) is 9.07. The smallest absolute Gasteiger partial charge is 0.337 e. The summed E-state index contributed by atoms with van der Waals surface area (Å²) in [4.78, 5) is 14.7. The van der Waals surface area contributed by atoms with Crippen LogP contribution in [0.15, 0.2) is 12.3 Å². The van der Waals surface area contributed by atoms with E-state index in [0.29, 0.717) is 12.5 Å². The number of ether oxygens (including phenoxy) is 1. The number of hydrogen-bond acceptors (Lipinski definition) is 3. The zero-order valence-corrected chi connectivity index (χ0v) is 9.83. The van der Waals surface area contributed by atoms with Crippen molar-refractivity contribution in [1.82, 2.24) is 4.98 Å². The van der Waals surface area contributed by atoms with Crippen LogP contribution in [0, 0.1) is 0 Å². The number of carbonyl (C=O) groups is 1. The van der Waals surface area contributed by atoms with Crippen molar-refractivity contribution in [3.8, 4) is 5.88 Å². The summed E-state index contributed by atoms with van der Waals surface area (Å²) in [5, 5.41) is 8.95. The molecule has 0 spiro atoms. The van der Waals surface area contributed by atoms with Gasteiger partial charge in [0, 0.05) is 6.07 Å². The molecule has 16 heavy (non-hydrogen) atoms. The fourth-order valence-electron chi connectivity index (χ4n) is 1.19. The molecular formula is C11H14ClNO3. The fraction of sp³-hybridized carbons (Fsp3) is 0.455. The highest BCUT2D eigenvalue weighted by atomic mass is 35.5. The average molecular weight is 244 g/mol. The van der Waals surface area contributed by atoms with Gasteiger partial charge in [-0.1, -0.05) is 31.4 Å². The molecule has 0 aliphatic rings. The first-order valence-corrected chi connectivity index (χ1v) is 5.54. The van der Waals surface area contributed by atoms with Gasteiger partial charge in [-0.2, -0.15) is 0 Å². The number of aromatic carboxylic acids is 1. The first kappa shape index (κ1) is 12.8. The van der Waals surface area contributed by atoms with Crippen LogP contribution in [-0.4, -0.2) is 22.7 Å². The lowest BCUT2D eigenvalue weighted by atomic mass is 10.2. The molecule has 1 aromatic heterocycles. The maximum atomic E-state index is 10.8. The van der Waals surface area contributed by atoms with Gasteiger partial charge in [-0.25, -0.2) is 9.78 Å². The van der Waals surface area contributed by atoms with Crippen LogP contribution in [-0.2, 0) is 0 Å². The third-order valence-electron chi connectivity index (χ3n) is 2.06. The molecule has 0 unspecified atom stereocenters. The van der Waals surface area contributed by atoms with Gasteiger partial charge in [0.15, 0.2) is 0 Å². The summed E-state index contributed by atoms with van der Waals surface area (Å²) in [6.07, 6.45) is 4.42. The first-order chi connectivity index (χ1) is 7.65. The number of halogens is 1. The van der Waals surface area contributed by atoms with E-state index in [1.807, 2.05) is 0 Å². The molecule has 0 saturated heterocycles. The van der Waals surface area contributed by atoms with E-state index < -0.39 is 5.97 Å². The van der Waals surface area contributed by atoms with E-state index >= 15 is 0 Å². The number of nitrogens with zero attached hydrogens (tertiary/aromatic N) is 1. The van der Waals surface area contributed by atoms with Gasteiger partial charge in [0.1, 0.15) is 0 Å². The van der Waals surface area contributed by atoms with E-state index in [1.165, 1.54) is 12.3 Å². The molecule has 0 radical (unpaired) electrons. The summed E-state index contributed by atoms with van der Waals surface area (Å²) in [5.41, 5.74) is 0.0159. The maximum absolute atomic E-state index is 10.8. The predicted octanol–water partition coefficient (Wildman–Crippen LogP) is 3.00. The standard InChI is InChI=1S/C11H14ClNO3/c1-2-3-4-5-16-10-6-8(11(14)15)9(12)7-13-10/h6-7H,2-5H2,1H3,(H,14,15). The molecule has 0 atom stereocenters. The molecule has 1 heterocycles. The van der Waals surface area contributed by atoms with Crippen molar-refractivity contribution in [2.45, 2.75) is 26.2 Å². The Morgan fingerprint density at radius 1 is 1.56 bits per heavy atom. The summed E-state index contributed by atoms with van der Waals surface area (Å²) < 4.78 is 5.32. The molecule has 0 aliphatic carbocycles. The lowest BCUT2D eigenvalue weighted by Gasteiger charge is -2.06. The summed E-state index contributed by atoms with van der Waals surface area (Å²) in [6, 6.07) is 1.34. The third kappa shape index (κ3) is 3.70. The van der Waals surface area contributed by atoms with E-state index in [2.05, 4.69) is 11.9 Å². The van der Waals surface area contributed by atoms with Crippen molar-refractivity contribution in [2.24, 2.45) is 0 Å². The fourth-order valence-corrected chi connectivity index (χ4v) is 1.38. The summed E-state index contributed by atoms with van der Waals surface area (Å²) in [6.45, 7) is 2.64. The minimum Gasteiger partial charge on any atom is -0.478 e. The zero-order chi connectivity index (χ0) is 12.0. The molecule has 5 heteroatoms. The van der Waals surface area contributed by atoms with Gasteiger partial charge >= 0.3 is 5.97 Å². The lowest BCUT2D eigenvalue weighted by Crippen LogP contribution is -2.03. The Kier molecular flexibility index (Phi) is 5.05. The summed E-state index contributed by atoms with van der Waals surface area (Å²) in [7, 11) is 0. The molecule has 1 N–H and O–H groups in total. The summed E-state index contributed by atoms with van der Waals surface area (Å²) >= 11 is 5.68. The quantitative estimate of drug-likeness (QED) is 0.781. The van der Waals surface area contributed by atoms with Crippen LogP contribution in [0.5, 0.6) is 5.88 Å². The Hall–Kier alpha value is -1.29. The van der Waals surface area contributed by atoms with Crippen LogP contribution >= 0.6 is 11.6 Å². The third-order valence-corrected chi connectivity index (χ3v) is 2.36. The van der Waals surface area contributed by atoms with E-state index in [4.69, 9.17) is 21.4 Å². The molecule has 0 fully saturated rings. The largest absolute Gasteiger partial charge is 0.478 e. The topological polar surface area (TPSA) is 59.4 Å². The Balaban J connectivity index is 2.61. The van der Waals surface area contributed by atoms with E-state index in [0.717, 1.165) is 19.3 Å². The SMILES string of the molecule is CCCCCOc1cc(C(=O)O)c(Cl)cn1. The van der Waals surface area contributed by atoms with Crippen molar-refractivity contribution >= 4 is 17.6 Å². The second kappa shape index (κ2) is 6.33. The van der Waals surface area contributed by atoms with Crippen molar-refractivity contribution in [1.29, 1.82) is 0 Å². The van der Waals surface area contributed by atoms with Gasteiger partial charge in [0.25, 0.3) is 0 Å². The molecule has 88 valence electrons. The number of carboxylic acid groups (broad SMARTS) is 1. The number of aromatic nitrogens is 1. The highest BCUT2D eigenvalue weighted by Gasteiger charge is 2.10. The van der Waals surface area contributed by atoms with Crippen molar-refractivity contribution in [3.05, 3.63) is 22.8 Å².